The Morgan fingerprint density at radius 1 is 0.828 bits per heavy atom. The van der Waals surface area contributed by atoms with Crippen LogP contribution >= 0.6 is 0 Å². The minimum Gasteiger partial charge on any atom is -0.295 e. The number of nitriles is 1. The molecule has 0 radical (unpaired) electrons. The van der Waals surface area contributed by atoms with Crippen molar-refractivity contribution in [1.29, 1.82) is 5.26 Å². The fourth-order valence-corrected chi connectivity index (χ4v) is 4.04. The molecule has 0 unspecified atom stereocenters. The number of imidazole rings is 1. The van der Waals surface area contributed by atoms with Gasteiger partial charge < -0.3 is 0 Å². The van der Waals surface area contributed by atoms with Gasteiger partial charge in [-0.05, 0) is 41.8 Å². The Bertz CT molecular complexity index is 1500. The monoisotopic (exact) mass is 382 g/mol. The van der Waals surface area contributed by atoms with Gasteiger partial charge in [0.2, 0.25) is 0 Å². The summed E-state index contributed by atoms with van der Waals surface area (Å²) in [5.74, 6) is -0.922. The summed E-state index contributed by atoms with van der Waals surface area (Å²) in [5.41, 5.74) is 2.58. The number of imide groups is 1. The van der Waals surface area contributed by atoms with E-state index in [2.05, 4.69) is 6.07 Å². The van der Waals surface area contributed by atoms with Crippen molar-refractivity contribution >= 4 is 39.3 Å². The van der Waals surface area contributed by atoms with Crippen LogP contribution < -0.4 is 10.6 Å². The summed E-state index contributed by atoms with van der Waals surface area (Å²) in [5, 5.41) is 10.6. The molecule has 4 aromatic rings. The normalized spacial score (nSPS) is 13.3. The maximum atomic E-state index is 13.3. The minimum atomic E-state index is -0.490. The molecule has 5 rings (SSSR count). The van der Waals surface area contributed by atoms with E-state index in [1.807, 2.05) is 0 Å². The number of fused-ring (bicyclic) bond motifs is 1. The first-order valence-electron chi connectivity index (χ1n) is 8.93. The lowest BCUT2D eigenvalue weighted by Crippen LogP contribution is -2.40. The molecule has 1 aliphatic heterocycles. The molecule has 0 fully saturated rings. The smallest absolute Gasteiger partial charge is 0.295 e. The summed E-state index contributed by atoms with van der Waals surface area (Å²) in [7, 11) is 3.31. The van der Waals surface area contributed by atoms with E-state index in [0.29, 0.717) is 44.2 Å². The quantitative estimate of drug-likeness (QED) is 0.474. The molecule has 0 saturated carbocycles. The Balaban J connectivity index is 1.77. The third kappa shape index (κ3) is 2.14. The number of hydrogen-bond acceptors (Lipinski definition) is 4. The number of aryl methyl sites for hydroxylation is 2. The predicted molar refractivity (Wildman–Crippen MR) is 108 cm³/mol. The first-order chi connectivity index (χ1) is 13.9. The van der Waals surface area contributed by atoms with Gasteiger partial charge in [0, 0.05) is 25.0 Å². The SMILES string of the molecule is Cn1c(=O)n(C)c2cc(N3C(=O)c4cccc5cc(C#N)cc(c45)C3=O)ccc21. The van der Waals surface area contributed by atoms with Crippen LogP contribution in [-0.2, 0) is 14.1 Å². The molecule has 0 aliphatic carbocycles. The van der Waals surface area contributed by atoms with Crippen molar-refractivity contribution in [3.05, 3.63) is 75.7 Å². The standard InChI is InChI=1S/C22H14N4O3/c1-24-17-7-6-14(10-18(17)25(2)22(24)29)26-20(27)15-5-3-4-13-8-12(11-23)9-16(19(13)15)21(26)28/h3-10H,1-2H3. The third-order valence-electron chi connectivity index (χ3n) is 5.49. The number of hydrogen-bond donors (Lipinski definition) is 0. The van der Waals surface area contributed by atoms with E-state index in [1.165, 1.54) is 15.2 Å². The van der Waals surface area contributed by atoms with E-state index in [-0.39, 0.29) is 5.69 Å². The zero-order chi connectivity index (χ0) is 20.4. The van der Waals surface area contributed by atoms with Crippen LogP contribution in [0.1, 0.15) is 26.3 Å². The van der Waals surface area contributed by atoms with Gasteiger partial charge in [-0.3, -0.25) is 18.7 Å². The molecule has 3 aromatic carbocycles. The van der Waals surface area contributed by atoms with Gasteiger partial charge in [0.15, 0.2) is 0 Å². The highest BCUT2D eigenvalue weighted by Gasteiger charge is 2.34. The second-order valence-electron chi connectivity index (χ2n) is 7.06. The lowest BCUT2D eigenvalue weighted by molar-refractivity contribution is 0.0893. The zero-order valence-corrected chi connectivity index (χ0v) is 15.6. The average Bonchev–Trinajstić information content (AvgIpc) is 2.95. The predicted octanol–water partition coefficient (Wildman–Crippen LogP) is 2.70. The Kier molecular flexibility index (Phi) is 3.31. The van der Waals surface area contributed by atoms with Crippen molar-refractivity contribution in [3.8, 4) is 6.07 Å². The maximum Gasteiger partial charge on any atom is 0.328 e. The van der Waals surface area contributed by atoms with Gasteiger partial charge in [0.25, 0.3) is 11.8 Å². The topological polar surface area (TPSA) is 88.1 Å². The molecule has 7 nitrogen and oxygen atoms in total. The summed E-state index contributed by atoms with van der Waals surface area (Å²) in [4.78, 5) is 39.8. The maximum absolute atomic E-state index is 13.3. The number of aromatic nitrogens is 2. The van der Waals surface area contributed by atoms with Gasteiger partial charge in [0.1, 0.15) is 0 Å². The Hall–Kier alpha value is -4.18. The molecule has 29 heavy (non-hydrogen) atoms. The minimum absolute atomic E-state index is 0.192. The second kappa shape index (κ2) is 5.66. The highest BCUT2D eigenvalue weighted by molar-refractivity contribution is 6.36. The molecule has 1 aromatic heterocycles. The van der Waals surface area contributed by atoms with Gasteiger partial charge in [-0.1, -0.05) is 12.1 Å². The highest BCUT2D eigenvalue weighted by Crippen LogP contribution is 2.34. The molecule has 2 amide bonds. The number of rotatable bonds is 1. The van der Waals surface area contributed by atoms with Crippen LogP contribution in [0.3, 0.4) is 0 Å². The van der Waals surface area contributed by atoms with Crippen LogP contribution in [0.15, 0.2) is 53.3 Å². The summed E-state index contributed by atoms with van der Waals surface area (Å²) < 4.78 is 2.98. The molecule has 0 atom stereocenters. The zero-order valence-electron chi connectivity index (χ0n) is 15.6. The molecule has 0 N–H and O–H groups in total. The van der Waals surface area contributed by atoms with Crippen LogP contribution in [0.5, 0.6) is 0 Å². The summed E-state index contributed by atoms with van der Waals surface area (Å²) in [6.45, 7) is 0. The summed E-state index contributed by atoms with van der Waals surface area (Å²) in [6.07, 6.45) is 0. The number of carbonyl (C=O) groups excluding carboxylic acids is 2. The van der Waals surface area contributed by atoms with E-state index in [9.17, 15) is 19.6 Å². The molecule has 2 heterocycles. The van der Waals surface area contributed by atoms with Crippen molar-refractivity contribution in [2.45, 2.75) is 0 Å². The van der Waals surface area contributed by atoms with E-state index in [0.717, 1.165) is 4.90 Å². The number of anilines is 1. The van der Waals surface area contributed by atoms with Crippen molar-refractivity contribution in [1.82, 2.24) is 9.13 Å². The number of nitrogens with zero attached hydrogens (tertiary/aromatic N) is 4. The van der Waals surface area contributed by atoms with Crippen molar-refractivity contribution in [2.24, 2.45) is 14.1 Å². The fourth-order valence-electron chi connectivity index (χ4n) is 4.04. The molecule has 140 valence electrons. The molecular formula is C22H14N4O3. The van der Waals surface area contributed by atoms with Gasteiger partial charge in [-0.2, -0.15) is 5.26 Å². The molecular weight excluding hydrogens is 368 g/mol. The van der Waals surface area contributed by atoms with Crippen molar-refractivity contribution in [2.75, 3.05) is 4.90 Å². The van der Waals surface area contributed by atoms with Crippen LogP contribution in [0.25, 0.3) is 21.8 Å². The van der Waals surface area contributed by atoms with Gasteiger partial charge in [-0.25, -0.2) is 9.69 Å². The number of carbonyl (C=O) groups is 2. The lowest BCUT2D eigenvalue weighted by atomic mass is 9.92. The fraction of sp³-hybridized carbons (Fsp3) is 0.0909. The largest absolute Gasteiger partial charge is 0.328 e. The molecule has 0 spiro atoms. The van der Waals surface area contributed by atoms with E-state index >= 15 is 0 Å². The lowest BCUT2D eigenvalue weighted by Gasteiger charge is -2.27. The third-order valence-corrected chi connectivity index (χ3v) is 5.49. The van der Waals surface area contributed by atoms with Crippen molar-refractivity contribution in [3.63, 3.8) is 0 Å². The van der Waals surface area contributed by atoms with Crippen molar-refractivity contribution < 1.29 is 9.59 Å². The Labute approximate surface area is 164 Å². The second-order valence-corrected chi connectivity index (χ2v) is 7.06. The Morgan fingerprint density at radius 2 is 1.55 bits per heavy atom. The summed E-state index contributed by atoms with van der Waals surface area (Å²) >= 11 is 0. The highest BCUT2D eigenvalue weighted by atomic mass is 16.2. The molecule has 0 saturated heterocycles. The summed E-state index contributed by atoms with van der Waals surface area (Å²) in [6, 6.07) is 15.5. The average molecular weight is 382 g/mol. The first kappa shape index (κ1) is 17.0. The van der Waals surface area contributed by atoms with E-state index < -0.39 is 11.8 Å². The molecule has 7 heteroatoms. The molecule has 0 bridgehead atoms. The van der Waals surface area contributed by atoms with Gasteiger partial charge in [-0.15, -0.1) is 0 Å². The van der Waals surface area contributed by atoms with Gasteiger partial charge in [0.05, 0.1) is 33.9 Å². The van der Waals surface area contributed by atoms with Gasteiger partial charge >= 0.3 is 5.69 Å². The first-order valence-corrected chi connectivity index (χ1v) is 8.93. The van der Waals surface area contributed by atoms with Crippen LogP contribution in [0, 0.1) is 11.3 Å². The number of benzene rings is 3. The van der Waals surface area contributed by atoms with E-state index in [1.54, 1.807) is 56.6 Å². The number of amides is 2. The van der Waals surface area contributed by atoms with E-state index in [4.69, 9.17) is 0 Å². The van der Waals surface area contributed by atoms with Crippen LogP contribution in [-0.4, -0.2) is 20.9 Å². The Morgan fingerprint density at radius 3 is 2.31 bits per heavy atom. The van der Waals surface area contributed by atoms with Crippen LogP contribution in [0.4, 0.5) is 5.69 Å². The molecule has 1 aliphatic rings. The van der Waals surface area contributed by atoms with Crippen LogP contribution in [0.2, 0.25) is 0 Å².